The van der Waals surface area contributed by atoms with Gasteiger partial charge in [-0.25, -0.2) is 0 Å². The van der Waals surface area contributed by atoms with Gasteiger partial charge in [-0.15, -0.1) is 34.1 Å². The molecule has 0 heterocycles. The van der Waals surface area contributed by atoms with Crippen molar-refractivity contribution in [2.24, 2.45) is 0 Å². The van der Waals surface area contributed by atoms with Crippen LogP contribution in [0.25, 0.3) is 28.3 Å². The van der Waals surface area contributed by atoms with Crippen LogP contribution >= 0.6 is 0 Å². The van der Waals surface area contributed by atoms with Crippen LogP contribution < -0.4 is 35.3 Å². The van der Waals surface area contributed by atoms with Gasteiger partial charge in [-0.05, 0) is 36.3 Å². The smallest absolute Gasteiger partial charge is 1.00 e. The van der Waals surface area contributed by atoms with Crippen molar-refractivity contribution >= 4 is 17.2 Å². The molecule has 0 amide bonds. The Bertz CT molecular complexity index is 1200. The summed E-state index contributed by atoms with van der Waals surface area (Å²) in [6.45, 7) is 18.4. The van der Waals surface area contributed by atoms with Gasteiger partial charge in [-0.3, -0.25) is 0 Å². The van der Waals surface area contributed by atoms with Crippen molar-refractivity contribution in [1.29, 1.82) is 0 Å². The van der Waals surface area contributed by atoms with Gasteiger partial charge in [0.1, 0.15) is 0 Å². The monoisotopic (exact) mass is 541 g/mol. The first-order chi connectivity index (χ1) is 13.5. The molecule has 0 bridgehead atoms. The molecule has 0 nitrogen and oxygen atoms in total. The van der Waals surface area contributed by atoms with Gasteiger partial charge in [-0.1, -0.05) is 106 Å². The van der Waals surface area contributed by atoms with Crippen molar-refractivity contribution in [3.05, 3.63) is 75.2 Å². The predicted octanol–water partition coefficient (Wildman–Crippen LogP) is 0.507. The Morgan fingerprint density at radius 1 is 0.875 bits per heavy atom. The Morgan fingerprint density at radius 3 is 2.03 bits per heavy atom. The first kappa shape index (κ1) is 29.2. The van der Waals surface area contributed by atoms with Crippen molar-refractivity contribution in [3.63, 3.8) is 0 Å². The molecule has 1 radical (unpaired) electrons. The molecule has 32 heavy (non-hydrogen) atoms. The third-order valence-electron chi connectivity index (χ3n) is 6.14. The third kappa shape index (κ3) is 5.11. The molecule has 3 heteroatoms. The summed E-state index contributed by atoms with van der Waals surface area (Å²) in [5.41, 5.74) is 11.1. The molecule has 0 aliphatic heterocycles. The molecule has 2 aliphatic rings. The van der Waals surface area contributed by atoms with Crippen molar-refractivity contribution in [1.82, 2.24) is 0 Å². The van der Waals surface area contributed by atoms with E-state index in [-0.39, 0.29) is 61.8 Å². The van der Waals surface area contributed by atoms with Crippen molar-refractivity contribution in [2.75, 3.05) is 0 Å². The zero-order valence-corrected chi connectivity index (χ0v) is 24.5. The molecule has 0 aromatic heterocycles. The molecule has 0 saturated carbocycles. The quantitative estimate of drug-likeness (QED) is 0.393. The normalized spacial score (nSPS) is 13.7. The predicted molar refractivity (Wildman–Crippen MR) is 128 cm³/mol. The maximum atomic E-state index is 3.84. The molecule has 0 atom stereocenters. The van der Waals surface area contributed by atoms with Crippen LogP contribution in [-0.2, 0) is 37.0 Å². The average molecular weight is 544 g/mol. The fourth-order valence-corrected chi connectivity index (χ4v) is 4.64. The summed E-state index contributed by atoms with van der Waals surface area (Å²) in [6, 6.07) is 9.38. The molecule has 4 rings (SSSR count). The number of fused-ring (bicyclic) bond motifs is 3. The summed E-state index contributed by atoms with van der Waals surface area (Å²) in [4.78, 5) is 0. The topological polar surface area (TPSA) is 0 Å². The Hall–Kier alpha value is -0.877. The number of allylic oxidation sites excluding steroid dienone is 4. The first-order valence-electron chi connectivity index (χ1n) is 10.8. The Labute approximate surface area is 225 Å². The third-order valence-corrected chi connectivity index (χ3v) is 6.14. The van der Waals surface area contributed by atoms with Crippen LogP contribution in [0.15, 0.2) is 42.5 Å². The van der Waals surface area contributed by atoms with Gasteiger partial charge in [0, 0.05) is 0 Å². The molecule has 0 N–H and O–H groups in total. The first-order valence-corrected chi connectivity index (χ1v) is 10.8. The molecule has 0 saturated heterocycles. The molecule has 2 aromatic carbocycles. The van der Waals surface area contributed by atoms with E-state index in [4.69, 9.17) is 0 Å². The van der Waals surface area contributed by atoms with Crippen molar-refractivity contribution in [2.45, 2.75) is 72.6 Å². The molecule has 0 unspecified atom stereocenters. The Morgan fingerprint density at radius 2 is 1.53 bits per heavy atom. The standard InChI is InChI=1S/C29H33.2ClH.Zr/c1-18(2)23-17-24-22-14-13-21(28(3,4)5)15-20(22)16-25(24)26(19-11-9-10-12-19)27(23)29(6,7)8;;;/h9-11,13-15,17H,12H2,1-8H3;2*1H;/q-1;;;+3/p-2. The zero-order valence-electron chi connectivity index (χ0n) is 20.5. The van der Waals surface area contributed by atoms with Crippen LogP contribution in [0.4, 0.5) is 0 Å². The van der Waals surface area contributed by atoms with Crippen LogP contribution in [0.5, 0.6) is 0 Å². The van der Waals surface area contributed by atoms with E-state index in [2.05, 4.69) is 104 Å². The fraction of sp³-hybridized carbons (Fsp3) is 0.379. The Kier molecular flexibility index (Phi) is 9.27. The Balaban J connectivity index is 0.00000171. The summed E-state index contributed by atoms with van der Waals surface area (Å²) in [5.74, 6) is 0. The van der Waals surface area contributed by atoms with Crippen molar-refractivity contribution in [3.8, 4) is 11.1 Å². The van der Waals surface area contributed by atoms with Gasteiger partial charge in [0.25, 0.3) is 0 Å². The number of hydrogen-bond donors (Lipinski definition) is 0. The second-order valence-electron chi connectivity index (χ2n) is 10.8. The number of hydrogen-bond acceptors (Lipinski definition) is 0. The molecule has 0 spiro atoms. The van der Waals surface area contributed by atoms with E-state index in [0.717, 1.165) is 6.42 Å². The maximum absolute atomic E-state index is 3.84. The molecule has 2 aromatic rings. The molecule has 167 valence electrons. The fourth-order valence-electron chi connectivity index (χ4n) is 4.64. The summed E-state index contributed by atoms with van der Waals surface area (Å²) in [6.07, 6.45) is 11.6. The minimum absolute atomic E-state index is 0. The largest absolute Gasteiger partial charge is 3.00 e. The van der Waals surface area contributed by atoms with Crippen molar-refractivity contribution < 1.29 is 51.0 Å². The molecule has 2 aliphatic carbocycles. The average Bonchev–Trinajstić information content (AvgIpc) is 3.25. The van der Waals surface area contributed by atoms with E-state index in [0.29, 0.717) is 0 Å². The number of rotatable bonds is 1. The van der Waals surface area contributed by atoms with Crippen LogP contribution in [-0.4, -0.2) is 0 Å². The van der Waals surface area contributed by atoms with E-state index >= 15 is 0 Å². The van der Waals surface area contributed by atoms with Crippen LogP contribution in [0.3, 0.4) is 0 Å². The minimum atomic E-state index is 0. The number of benzene rings is 2. The van der Waals surface area contributed by atoms with Gasteiger partial charge in [-0.2, -0.15) is 0 Å². The van der Waals surface area contributed by atoms with Gasteiger partial charge < -0.3 is 24.8 Å². The van der Waals surface area contributed by atoms with Crippen LogP contribution in [0.1, 0.15) is 84.1 Å². The minimum Gasteiger partial charge on any atom is -1.00 e. The van der Waals surface area contributed by atoms with Gasteiger partial charge in [0.15, 0.2) is 0 Å². The molecular weight excluding hydrogens is 510 g/mol. The van der Waals surface area contributed by atoms with E-state index in [9.17, 15) is 0 Å². The van der Waals surface area contributed by atoms with Crippen LogP contribution in [0.2, 0.25) is 0 Å². The maximum Gasteiger partial charge on any atom is 3.00 e. The summed E-state index contributed by atoms with van der Waals surface area (Å²) < 4.78 is 0. The molecular formula is C29H33Cl2Zr. The second-order valence-corrected chi connectivity index (χ2v) is 10.8. The second kappa shape index (κ2) is 10.2. The van der Waals surface area contributed by atoms with E-state index in [1.54, 1.807) is 0 Å². The summed E-state index contributed by atoms with van der Waals surface area (Å²) >= 11 is 0. The van der Waals surface area contributed by atoms with Crippen LogP contribution in [0, 0.1) is 0 Å². The van der Waals surface area contributed by atoms with E-state index in [1.807, 2.05) is 0 Å². The summed E-state index contributed by atoms with van der Waals surface area (Å²) in [7, 11) is 0. The zero-order chi connectivity index (χ0) is 21.1. The van der Waals surface area contributed by atoms with Gasteiger partial charge in [0.05, 0.1) is 0 Å². The van der Waals surface area contributed by atoms with Gasteiger partial charge in [0.2, 0.25) is 0 Å². The van der Waals surface area contributed by atoms with E-state index in [1.165, 1.54) is 55.0 Å². The summed E-state index contributed by atoms with van der Waals surface area (Å²) in [5, 5.41) is 2.68. The molecule has 0 fully saturated rings. The van der Waals surface area contributed by atoms with E-state index < -0.39 is 0 Å². The number of halogens is 2. The van der Waals surface area contributed by atoms with Gasteiger partial charge >= 0.3 is 26.2 Å². The SMILES string of the molecule is CC(C)=c1cc2c(c(C3=CC=CC3)c1C(C)(C)C)=[C-]c1cc(C(C)(C)C)ccc1-2.[Cl-].[Cl-].[Zr+3].